The van der Waals surface area contributed by atoms with E-state index in [1.165, 1.54) is 6.07 Å². The van der Waals surface area contributed by atoms with Gasteiger partial charge >= 0.3 is 0 Å². The molecule has 0 atom stereocenters. The van der Waals surface area contributed by atoms with Crippen LogP contribution in [0, 0.1) is 18.3 Å². The second kappa shape index (κ2) is 8.24. The number of hydrogen-bond acceptors (Lipinski definition) is 4. The van der Waals surface area contributed by atoms with Gasteiger partial charge in [-0.3, -0.25) is 4.79 Å². The highest BCUT2D eigenvalue weighted by atomic mass is 16.5. The lowest BCUT2D eigenvalue weighted by atomic mass is 10.1. The monoisotopic (exact) mass is 360 g/mol. The Morgan fingerprint density at radius 1 is 1.04 bits per heavy atom. The van der Waals surface area contributed by atoms with E-state index >= 15 is 0 Å². The zero-order valence-electron chi connectivity index (χ0n) is 15.3. The molecule has 136 valence electrons. The van der Waals surface area contributed by atoms with E-state index in [1.807, 2.05) is 55.5 Å². The first-order valence-electron chi connectivity index (χ1n) is 8.56. The molecule has 3 rings (SSSR count). The number of ether oxygens (including phenoxy) is 2. The predicted molar refractivity (Wildman–Crippen MR) is 103 cm³/mol. The maximum atomic E-state index is 12.5. The van der Waals surface area contributed by atoms with E-state index in [0.29, 0.717) is 17.9 Å². The van der Waals surface area contributed by atoms with Gasteiger partial charge in [0, 0.05) is 17.3 Å². The molecule has 0 fully saturated rings. The average Bonchev–Trinajstić information content (AvgIpc) is 2.69. The minimum absolute atomic E-state index is 0.130. The smallest absolute Gasteiger partial charge is 0.254 e. The van der Waals surface area contributed by atoms with Crippen LogP contribution in [0.3, 0.4) is 0 Å². The third kappa shape index (κ3) is 4.36. The highest BCUT2D eigenvalue weighted by Crippen LogP contribution is 2.16. The van der Waals surface area contributed by atoms with Gasteiger partial charge < -0.3 is 14.0 Å². The Hall–Kier alpha value is -3.52. The van der Waals surface area contributed by atoms with E-state index in [9.17, 15) is 4.79 Å². The first-order valence-corrected chi connectivity index (χ1v) is 8.56. The van der Waals surface area contributed by atoms with E-state index in [2.05, 4.69) is 6.07 Å². The summed E-state index contributed by atoms with van der Waals surface area (Å²) >= 11 is 0. The van der Waals surface area contributed by atoms with Gasteiger partial charge in [0.1, 0.15) is 18.1 Å². The van der Waals surface area contributed by atoms with Crippen molar-refractivity contribution in [1.82, 2.24) is 4.57 Å². The van der Waals surface area contributed by atoms with Crippen molar-refractivity contribution in [3.63, 3.8) is 0 Å². The quantitative estimate of drug-likeness (QED) is 0.673. The van der Waals surface area contributed by atoms with Gasteiger partial charge in [-0.2, -0.15) is 5.26 Å². The fraction of sp³-hybridized carbons (Fsp3) is 0.182. The third-order valence-corrected chi connectivity index (χ3v) is 4.34. The van der Waals surface area contributed by atoms with Crippen molar-refractivity contribution in [3.05, 3.63) is 93.4 Å². The van der Waals surface area contributed by atoms with Crippen molar-refractivity contribution in [2.75, 3.05) is 7.11 Å². The first-order chi connectivity index (χ1) is 13.1. The van der Waals surface area contributed by atoms with Crippen LogP contribution in [0.15, 0.2) is 65.5 Å². The Kier molecular flexibility index (Phi) is 5.58. The minimum Gasteiger partial charge on any atom is -0.497 e. The summed E-state index contributed by atoms with van der Waals surface area (Å²) in [5.41, 5.74) is 3.05. The maximum Gasteiger partial charge on any atom is 0.254 e. The number of aryl methyl sites for hydroxylation is 1. The van der Waals surface area contributed by atoms with Crippen molar-refractivity contribution in [3.8, 4) is 17.6 Å². The summed E-state index contributed by atoms with van der Waals surface area (Å²) in [5.74, 6) is 1.28. The van der Waals surface area contributed by atoms with E-state index in [-0.39, 0.29) is 12.2 Å². The fourth-order valence-electron chi connectivity index (χ4n) is 2.81. The van der Waals surface area contributed by atoms with Gasteiger partial charge in [-0.1, -0.05) is 30.3 Å². The van der Waals surface area contributed by atoms with Crippen molar-refractivity contribution in [2.45, 2.75) is 20.1 Å². The lowest BCUT2D eigenvalue weighted by Crippen LogP contribution is -2.22. The van der Waals surface area contributed by atoms with E-state index in [1.54, 1.807) is 17.7 Å². The van der Waals surface area contributed by atoms with Crippen LogP contribution >= 0.6 is 0 Å². The molecule has 0 amide bonds. The molecule has 0 aliphatic heterocycles. The molecule has 0 bridgehead atoms. The summed E-state index contributed by atoms with van der Waals surface area (Å²) in [5, 5.41) is 9.15. The SMILES string of the molecule is COc1ccc(Cn2c(C)cc(OCc3ccccc3C#N)cc2=O)cc1. The Morgan fingerprint density at radius 2 is 1.78 bits per heavy atom. The number of pyridine rings is 1. The largest absolute Gasteiger partial charge is 0.497 e. The number of aromatic nitrogens is 1. The molecule has 0 saturated heterocycles. The molecule has 0 spiro atoms. The van der Waals surface area contributed by atoms with Crippen LogP contribution in [0.25, 0.3) is 0 Å². The van der Waals surface area contributed by atoms with Gasteiger partial charge in [0.2, 0.25) is 0 Å². The van der Waals surface area contributed by atoms with Gasteiger partial charge in [-0.15, -0.1) is 0 Å². The molecule has 0 N–H and O–H groups in total. The normalized spacial score (nSPS) is 10.3. The fourth-order valence-corrected chi connectivity index (χ4v) is 2.81. The van der Waals surface area contributed by atoms with Crippen molar-refractivity contribution >= 4 is 0 Å². The van der Waals surface area contributed by atoms with Crippen LogP contribution in [0.1, 0.15) is 22.4 Å². The van der Waals surface area contributed by atoms with Crippen LogP contribution in [0.4, 0.5) is 0 Å². The molecular formula is C22H20N2O3. The van der Waals surface area contributed by atoms with Crippen LogP contribution in [0.2, 0.25) is 0 Å². The molecule has 1 heterocycles. The van der Waals surface area contributed by atoms with Crippen molar-refractivity contribution in [2.24, 2.45) is 0 Å². The summed E-state index contributed by atoms with van der Waals surface area (Å²) < 4.78 is 12.6. The molecule has 0 radical (unpaired) electrons. The summed E-state index contributed by atoms with van der Waals surface area (Å²) in [7, 11) is 1.62. The Bertz CT molecular complexity index is 1030. The van der Waals surface area contributed by atoms with Gasteiger partial charge in [0.15, 0.2) is 0 Å². The molecule has 3 aromatic rings. The number of hydrogen-bond donors (Lipinski definition) is 0. The Morgan fingerprint density at radius 3 is 2.44 bits per heavy atom. The summed E-state index contributed by atoms with van der Waals surface area (Å²) in [6, 6.07) is 20.3. The minimum atomic E-state index is -0.130. The van der Waals surface area contributed by atoms with Crippen LogP contribution in [0.5, 0.6) is 11.5 Å². The summed E-state index contributed by atoms with van der Waals surface area (Å²) in [6.07, 6.45) is 0. The first kappa shape index (κ1) is 18.3. The molecule has 0 aliphatic rings. The van der Waals surface area contributed by atoms with Gasteiger partial charge in [0.25, 0.3) is 5.56 Å². The lowest BCUT2D eigenvalue weighted by Gasteiger charge is -2.13. The molecule has 5 heteroatoms. The molecule has 2 aromatic carbocycles. The van der Waals surface area contributed by atoms with E-state index in [4.69, 9.17) is 14.7 Å². The zero-order chi connectivity index (χ0) is 19.2. The number of nitriles is 1. The number of nitrogens with zero attached hydrogens (tertiary/aromatic N) is 2. The lowest BCUT2D eigenvalue weighted by molar-refractivity contribution is 0.304. The average molecular weight is 360 g/mol. The van der Waals surface area contributed by atoms with Crippen LogP contribution in [-0.4, -0.2) is 11.7 Å². The second-order valence-corrected chi connectivity index (χ2v) is 6.16. The van der Waals surface area contributed by atoms with Gasteiger partial charge in [-0.05, 0) is 36.8 Å². The highest BCUT2D eigenvalue weighted by Gasteiger charge is 2.07. The molecule has 27 heavy (non-hydrogen) atoms. The highest BCUT2D eigenvalue weighted by molar-refractivity contribution is 5.37. The Balaban J connectivity index is 1.76. The van der Waals surface area contributed by atoms with E-state index < -0.39 is 0 Å². The number of rotatable bonds is 6. The molecule has 1 aromatic heterocycles. The van der Waals surface area contributed by atoms with Crippen LogP contribution in [-0.2, 0) is 13.2 Å². The number of methoxy groups -OCH3 is 1. The van der Waals surface area contributed by atoms with Crippen molar-refractivity contribution in [1.29, 1.82) is 5.26 Å². The second-order valence-electron chi connectivity index (χ2n) is 6.16. The molecule has 0 unspecified atom stereocenters. The number of benzene rings is 2. The predicted octanol–water partition coefficient (Wildman–Crippen LogP) is 3.66. The zero-order valence-corrected chi connectivity index (χ0v) is 15.3. The standard InChI is InChI=1S/C22H20N2O3/c1-16-11-21(27-15-19-6-4-3-5-18(19)13-23)12-22(25)24(16)14-17-7-9-20(26-2)10-8-17/h3-12H,14-15H2,1-2H3. The third-order valence-electron chi connectivity index (χ3n) is 4.34. The van der Waals surface area contributed by atoms with E-state index in [0.717, 1.165) is 22.6 Å². The summed E-state index contributed by atoms with van der Waals surface area (Å²) in [4.78, 5) is 12.5. The van der Waals surface area contributed by atoms with Gasteiger partial charge in [0.05, 0.1) is 25.3 Å². The molecule has 0 aliphatic carbocycles. The topological polar surface area (TPSA) is 64.2 Å². The van der Waals surface area contributed by atoms with Crippen LogP contribution < -0.4 is 15.0 Å². The molecular weight excluding hydrogens is 340 g/mol. The van der Waals surface area contributed by atoms with Gasteiger partial charge in [-0.25, -0.2) is 0 Å². The molecule has 5 nitrogen and oxygen atoms in total. The summed E-state index contributed by atoms with van der Waals surface area (Å²) in [6.45, 7) is 2.60. The maximum absolute atomic E-state index is 12.5. The Labute approximate surface area is 158 Å². The van der Waals surface area contributed by atoms with Crippen molar-refractivity contribution < 1.29 is 9.47 Å². The molecule has 0 saturated carbocycles.